The highest BCUT2D eigenvalue weighted by molar-refractivity contribution is 4.52. The van der Waals surface area contributed by atoms with Crippen LogP contribution in [0.4, 0.5) is 0 Å². The second-order valence-electron chi connectivity index (χ2n) is 3.55. The van der Waals surface area contributed by atoms with E-state index in [-0.39, 0.29) is 0 Å². The maximum atomic E-state index is 4.93. The number of hydrogen-bond donors (Lipinski definition) is 2. The Morgan fingerprint density at radius 1 is 0.857 bits per heavy atom. The van der Waals surface area contributed by atoms with Crippen molar-refractivity contribution in [1.29, 1.82) is 0 Å². The van der Waals surface area contributed by atoms with Gasteiger partial charge >= 0.3 is 0 Å². The molecule has 0 atom stereocenters. The maximum Gasteiger partial charge on any atom is 0.0587 e. The Balaban J connectivity index is 2.78. The topological polar surface area (TPSA) is 33.3 Å². The third kappa shape index (κ3) is 11.9. The number of hydrogen-bond acceptors (Lipinski definition) is 3. The van der Waals surface area contributed by atoms with Crippen LogP contribution in [0.15, 0.2) is 0 Å². The molecule has 2 N–H and O–H groups in total. The Kier molecular flexibility index (Phi) is 12.8. The Morgan fingerprint density at radius 3 is 2.21 bits per heavy atom. The third-order valence-corrected chi connectivity index (χ3v) is 2.17. The van der Waals surface area contributed by atoms with Crippen molar-refractivity contribution in [2.45, 2.75) is 32.6 Å². The SMILES string of the molecule is CCCCCCNCCNCCOC. The summed E-state index contributed by atoms with van der Waals surface area (Å²) in [7, 11) is 1.73. The second kappa shape index (κ2) is 12.9. The van der Waals surface area contributed by atoms with Crippen molar-refractivity contribution in [3.8, 4) is 0 Å². The first-order chi connectivity index (χ1) is 6.91. The van der Waals surface area contributed by atoms with Gasteiger partial charge in [0.15, 0.2) is 0 Å². The molecule has 0 saturated heterocycles. The predicted molar refractivity (Wildman–Crippen MR) is 61.8 cm³/mol. The molecule has 0 radical (unpaired) electrons. The van der Waals surface area contributed by atoms with E-state index in [9.17, 15) is 0 Å². The van der Waals surface area contributed by atoms with Gasteiger partial charge in [-0.15, -0.1) is 0 Å². The third-order valence-electron chi connectivity index (χ3n) is 2.17. The zero-order chi connectivity index (χ0) is 10.5. The minimum Gasteiger partial charge on any atom is -0.383 e. The lowest BCUT2D eigenvalue weighted by Crippen LogP contribution is -2.29. The van der Waals surface area contributed by atoms with Crippen LogP contribution in [0.5, 0.6) is 0 Å². The molecule has 0 aromatic heterocycles. The second-order valence-corrected chi connectivity index (χ2v) is 3.55. The molecular formula is C11H26N2O. The highest BCUT2D eigenvalue weighted by Gasteiger charge is 1.89. The molecule has 14 heavy (non-hydrogen) atoms. The van der Waals surface area contributed by atoms with Gasteiger partial charge < -0.3 is 15.4 Å². The summed E-state index contributed by atoms with van der Waals surface area (Å²) in [6.07, 6.45) is 5.36. The molecule has 0 aromatic rings. The van der Waals surface area contributed by atoms with Gasteiger partial charge in [-0.1, -0.05) is 26.2 Å². The van der Waals surface area contributed by atoms with Crippen molar-refractivity contribution in [3.05, 3.63) is 0 Å². The highest BCUT2D eigenvalue weighted by atomic mass is 16.5. The smallest absolute Gasteiger partial charge is 0.0587 e. The average molecular weight is 202 g/mol. The fraction of sp³-hybridized carbons (Fsp3) is 1.00. The van der Waals surface area contributed by atoms with Gasteiger partial charge in [-0.25, -0.2) is 0 Å². The largest absolute Gasteiger partial charge is 0.383 e. The summed E-state index contributed by atoms with van der Waals surface area (Å²) in [5, 5.41) is 6.72. The summed E-state index contributed by atoms with van der Waals surface area (Å²) in [6, 6.07) is 0. The molecule has 0 spiro atoms. The van der Waals surface area contributed by atoms with E-state index >= 15 is 0 Å². The van der Waals surface area contributed by atoms with Crippen LogP contribution >= 0.6 is 0 Å². The van der Waals surface area contributed by atoms with Crippen molar-refractivity contribution in [2.75, 3.05) is 39.9 Å². The van der Waals surface area contributed by atoms with Crippen LogP contribution < -0.4 is 10.6 Å². The van der Waals surface area contributed by atoms with Crippen LogP contribution in [0.2, 0.25) is 0 Å². The fourth-order valence-electron chi connectivity index (χ4n) is 1.28. The maximum absolute atomic E-state index is 4.93. The van der Waals surface area contributed by atoms with Crippen LogP contribution in [0.3, 0.4) is 0 Å². The number of methoxy groups -OCH3 is 1. The molecule has 0 amide bonds. The van der Waals surface area contributed by atoms with Gasteiger partial charge in [0.2, 0.25) is 0 Å². The van der Waals surface area contributed by atoms with E-state index in [0.29, 0.717) is 0 Å². The zero-order valence-electron chi connectivity index (χ0n) is 9.77. The first-order valence-electron chi connectivity index (χ1n) is 5.82. The molecule has 0 aromatic carbocycles. The van der Waals surface area contributed by atoms with Crippen LogP contribution in [0.25, 0.3) is 0 Å². The lowest BCUT2D eigenvalue weighted by atomic mass is 10.2. The van der Waals surface area contributed by atoms with Crippen molar-refractivity contribution < 1.29 is 4.74 Å². The minimum absolute atomic E-state index is 0.802. The van der Waals surface area contributed by atoms with E-state index in [4.69, 9.17) is 4.74 Å². The number of rotatable bonds is 11. The monoisotopic (exact) mass is 202 g/mol. The highest BCUT2D eigenvalue weighted by Crippen LogP contribution is 1.96. The van der Waals surface area contributed by atoms with Crippen molar-refractivity contribution in [1.82, 2.24) is 10.6 Å². The summed E-state index contributed by atoms with van der Waals surface area (Å²) in [4.78, 5) is 0. The van der Waals surface area contributed by atoms with E-state index < -0.39 is 0 Å². The Hall–Kier alpha value is -0.120. The van der Waals surface area contributed by atoms with Crippen LogP contribution in [-0.2, 0) is 4.74 Å². The fourth-order valence-corrected chi connectivity index (χ4v) is 1.28. The molecule has 0 aliphatic heterocycles. The Morgan fingerprint density at radius 2 is 1.57 bits per heavy atom. The summed E-state index contributed by atoms with van der Waals surface area (Å²) in [5.74, 6) is 0. The number of ether oxygens (including phenoxy) is 1. The summed E-state index contributed by atoms with van der Waals surface area (Å²) >= 11 is 0. The molecule has 0 saturated carbocycles. The predicted octanol–water partition coefficient (Wildman–Crippen LogP) is 1.39. The van der Waals surface area contributed by atoms with E-state index in [1.807, 2.05) is 0 Å². The molecule has 0 aliphatic carbocycles. The van der Waals surface area contributed by atoms with Crippen molar-refractivity contribution >= 4 is 0 Å². The molecule has 0 heterocycles. The van der Waals surface area contributed by atoms with Gasteiger partial charge in [-0.05, 0) is 13.0 Å². The Labute approximate surface area is 88.6 Å². The van der Waals surface area contributed by atoms with Crippen LogP contribution in [0.1, 0.15) is 32.6 Å². The first kappa shape index (κ1) is 13.9. The van der Waals surface area contributed by atoms with Crippen molar-refractivity contribution in [3.63, 3.8) is 0 Å². The average Bonchev–Trinajstić information content (AvgIpc) is 2.21. The van der Waals surface area contributed by atoms with E-state index in [0.717, 1.165) is 32.8 Å². The summed E-state index contributed by atoms with van der Waals surface area (Å²) < 4.78 is 4.93. The number of nitrogens with one attached hydrogen (secondary N) is 2. The molecule has 0 fully saturated rings. The zero-order valence-corrected chi connectivity index (χ0v) is 9.77. The van der Waals surface area contributed by atoms with Gasteiger partial charge in [0.25, 0.3) is 0 Å². The molecule has 86 valence electrons. The summed E-state index contributed by atoms with van der Waals surface area (Å²) in [5.41, 5.74) is 0. The van der Waals surface area contributed by atoms with E-state index in [1.165, 1.54) is 25.7 Å². The van der Waals surface area contributed by atoms with Crippen molar-refractivity contribution in [2.24, 2.45) is 0 Å². The lowest BCUT2D eigenvalue weighted by molar-refractivity contribution is 0.199. The van der Waals surface area contributed by atoms with Crippen LogP contribution in [0, 0.1) is 0 Å². The van der Waals surface area contributed by atoms with Gasteiger partial charge in [-0.2, -0.15) is 0 Å². The minimum atomic E-state index is 0.802. The number of unbranched alkanes of at least 4 members (excludes halogenated alkanes) is 3. The quantitative estimate of drug-likeness (QED) is 0.497. The molecule has 3 nitrogen and oxygen atoms in total. The molecular weight excluding hydrogens is 176 g/mol. The first-order valence-corrected chi connectivity index (χ1v) is 5.82. The van der Waals surface area contributed by atoms with Gasteiger partial charge in [0.1, 0.15) is 0 Å². The standard InChI is InChI=1S/C11H26N2O/c1-3-4-5-6-7-12-8-9-13-10-11-14-2/h12-13H,3-11H2,1-2H3. The van der Waals surface area contributed by atoms with Gasteiger partial charge in [0.05, 0.1) is 6.61 Å². The normalized spacial score (nSPS) is 10.7. The molecule has 0 bridgehead atoms. The lowest BCUT2D eigenvalue weighted by Gasteiger charge is -2.05. The molecule has 0 aliphatic rings. The van der Waals surface area contributed by atoms with Gasteiger partial charge in [-0.3, -0.25) is 0 Å². The van der Waals surface area contributed by atoms with E-state index in [2.05, 4.69) is 17.6 Å². The molecule has 0 unspecified atom stereocenters. The van der Waals surface area contributed by atoms with Gasteiger partial charge in [0, 0.05) is 26.7 Å². The van der Waals surface area contributed by atoms with E-state index in [1.54, 1.807) is 7.11 Å². The summed E-state index contributed by atoms with van der Waals surface area (Å²) in [6.45, 7) is 7.26. The molecule has 0 rings (SSSR count). The van der Waals surface area contributed by atoms with Crippen LogP contribution in [-0.4, -0.2) is 39.9 Å². The molecule has 3 heteroatoms. The Bertz CT molecular complexity index is 87.3.